The minimum absolute atomic E-state index is 0. The molecule has 0 amide bonds. The number of unbranched alkanes of at least 4 members (excludes halogenated alkanes) is 1. The molecule has 2 rings (SSSR count). The summed E-state index contributed by atoms with van der Waals surface area (Å²) in [6.07, 6.45) is 18.0. The first-order valence-electron chi connectivity index (χ1n) is 5.91. The van der Waals surface area contributed by atoms with Gasteiger partial charge in [0.25, 0.3) is 0 Å². The first-order valence-corrected chi connectivity index (χ1v) is 7.47. The Morgan fingerprint density at radius 3 is 3.00 bits per heavy atom. The van der Waals surface area contributed by atoms with E-state index < -0.39 is 0 Å². The molecule has 80 valence electrons. The molecule has 0 atom stereocenters. The second-order valence-corrected chi connectivity index (χ2v) is 6.50. The second kappa shape index (κ2) is 5.67. The van der Waals surface area contributed by atoms with Gasteiger partial charge in [-0.15, -0.1) is 0 Å². The van der Waals surface area contributed by atoms with E-state index in [-0.39, 0.29) is 22.0 Å². The van der Waals surface area contributed by atoms with Crippen molar-refractivity contribution in [3.05, 3.63) is 43.7 Å². The maximum Gasteiger partial charge on any atom is -1.00 e. The Morgan fingerprint density at radius 1 is 1.33 bits per heavy atom. The minimum Gasteiger partial charge on any atom is -1.00 e. The number of hydrogen-bond acceptors (Lipinski definition) is 0. The molecule has 1 heteroatoms. The van der Waals surface area contributed by atoms with Gasteiger partial charge in [0.1, 0.15) is 0 Å². The molecule has 0 aromatic rings. The minimum atomic E-state index is 0. The van der Waals surface area contributed by atoms with Gasteiger partial charge in [-0.05, 0) is 0 Å². The van der Waals surface area contributed by atoms with Crippen LogP contribution >= 0.6 is 0 Å². The van der Waals surface area contributed by atoms with Crippen molar-refractivity contribution >= 4 is 0 Å². The van der Waals surface area contributed by atoms with E-state index in [1.165, 1.54) is 32.1 Å². The molecule has 0 aromatic heterocycles. The van der Waals surface area contributed by atoms with Crippen LogP contribution in [0, 0.1) is 0 Å². The summed E-state index contributed by atoms with van der Waals surface area (Å²) in [6.45, 7) is 2.28. The van der Waals surface area contributed by atoms with Crippen molar-refractivity contribution in [2.24, 2.45) is 0 Å². The van der Waals surface area contributed by atoms with Crippen LogP contribution in [0.4, 0.5) is 0 Å². The number of hydrogen-bond donors (Lipinski definition) is 0. The van der Waals surface area contributed by atoms with Crippen LogP contribution in [0.3, 0.4) is 0 Å². The van der Waals surface area contributed by atoms with Crippen LogP contribution < -0.4 is 0 Å². The van der Waals surface area contributed by atoms with Gasteiger partial charge in [0.2, 0.25) is 0 Å². The van der Waals surface area contributed by atoms with Gasteiger partial charge < -0.3 is 2.85 Å². The van der Waals surface area contributed by atoms with E-state index in [1.54, 1.807) is 13.3 Å². The maximum atomic E-state index is 2.37. The van der Waals surface area contributed by atoms with Crippen molar-refractivity contribution in [3.8, 4) is 0 Å². The first-order chi connectivity index (χ1) is 7.40. The maximum absolute atomic E-state index is 2.37. The van der Waals surface area contributed by atoms with Crippen LogP contribution in [0.5, 0.6) is 0 Å². The Bertz CT molecular complexity index is 351. The number of rotatable bonds is 5. The van der Waals surface area contributed by atoms with E-state index in [0.29, 0.717) is 0 Å². The Morgan fingerprint density at radius 2 is 2.27 bits per heavy atom. The van der Waals surface area contributed by atoms with Crippen molar-refractivity contribution in [3.63, 3.8) is 0 Å². The van der Waals surface area contributed by atoms with Gasteiger partial charge in [-0.2, -0.15) is 0 Å². The van der Waals surface area contributed by atoms with Gasteiger partial charge in [0.05, 0.1) is 0 Å². The molecular formula is C14H20Ti. The van der Waals surface area contributed by atoms with Crippen molar-refractivity contribution in [1.82, 2.24) is 0 Å². The predicted octanol–water partition coefficient (Wildman–Crippen LogP) is 4.54. The summed E-state index contributed by atoms with van der Waals surface area (Å²) in [5.74, 6) is 0. The van der Waals surface area contributed by atoms with Crippen LogP contribution in [0.25, 0.3) is 0 Å². The van der Waals surface area contributed by atoms with Gasteiger partial charge in [-0.3, -0.25) is 0 Å². The normalized spacial score (nSPS) is 18.6. The fourth-order valence-electron chi connectivity index (χ4n) is 2.02. The molecule has 0 saturated carbocycles. The molecule has 2 aliphatic rings. The molecule has 0 aromatic carbocycles. The smallest absolute Gasteiger partial charge is 1.00 e. The second-order valence-electron chi connectivity index (χ2n) is 4.16. The third-order valence-electron chi connectivity index (χ3n) is 2.91. The Balaban J connectivity index is 0.00000128. The van der Waals surface area contributed by atoms with Crippen molar-refractivity contribution < 1.29 is 22.0 Å². The Labute approximate surface area is 105 Å². The average Bonchev–Trinajstić information content (AvgIpc) is 2.87. The van der Waals surface area contributed by atoms with Gasteiger partial charge in [0, 0.05) is 0 Å². The van der Waals surface area contributed by atoms with Gasteiger partial charge in [-0.1, -0.05) is 0 Å². The molecule has 0 unspecified atom stereocenters. The molecule has 2 aliphatic carbocycles. The van der Waals surface area contributed by atoms with Crippen molar-refractivity contribution in [1.29, 1.82) is 0 Å². The van der Waals surface area contributed by atoms with E-state index in [4.69, 9.17) is 0 Å². The van der Waals surface area contributed by atoms with E-state index in [1.807, 2.05) is 0 Å². The van der Waals surface area contributed by atoms with E-state index in [9.17, 15) is 0 Å². The predicted molar refractivity (Wildman–Crippen MR) is 64.4 cm³/mol. The summed E-state index contributed by atoms with van der Waals surface area (Å²) in [7, 11) is 0. The molecule has 0 aliphatic heterocycles. The SMILES string of the molecule is CCCCC1=[C]([Ti+2][C]2=CC=CC2)CC=C1.[H-].[H-]. The van der Waals surface area contributed by atoms with Crippen LogP contribution in [-0.2, 0) is 19.2 Å². The summed E-state index contributed by atoms with van der Waals surface area (Å²) in [4.78, 5) is 0. The third-order valence-corrected chi connectivity index (χ3v) is 5.28. The largest absolute Gasteiger partial charge is 1.00 e. The van der Waals surface area contributed by atoms with Crippen LogP contribution in [-0.4, -0.2) is 0 Å². The van der Waals surface area contributed by atoms with Crippen LogP contribution in [0.15, 0.2) is 43.7 Å². The monoisotopic (exact) mass is 236 g/mol. The fraction of sp³-hybridized carbons (Fsp3) is 0.429. The van der Waals surface area contributed by atoms with E-state index >= 15 is 0 Å². The quantitative estimate of drug-likeness (QED) is 0.614. The van der Waals surface area contributed by atoms with Gasteiger partial charge in [-0.25, -0.2) is 0 Å². The van der Waals surface area contributed by atoms with Crippen molar-refractivity contribution in [2.75, 3.05) is 0 Å². The summed E-state index contributed by atoms with van der Waals surface area (Å²) in [5, 5.41) is 0. The summed E-state index contributed by atoms with van der Waals surface area (Å²) in [6, 6.07) is 0. The molecule has 15 heavy (non-hydrogen) atoms. The zero-order valence-corrected chi connectivity index (χ0v) is 11.0. The summed E-state index contributed by atoms with van der Waals surface area (Å²) in [5.41, 5.74) is 1.67. The zero-order chi connectivity index (χ0) is 10.5. The molecule has 0 bridgehead atoms. The zero-order valence-electron chi connectivity index (χ0n) is 11.4. The Kier molecular flexibility index (Phi) is 4.23. The standard InChI is InChI=1S/C9H13.C5H5.Ti.2H/c1-2-3-6-9-7-4-5-8-9;1-2-4-5-3-1;;;/h4,7H,2-3,5-6H2,1H3;1-3H,4H2;;;/q;;+2;2*-1. The Hall–Kier alpha value is -0.326. The first kappa shape index (κ1) is 11.2. The van der Waals surface area contributed by atoms with Crippen molar-refractivity contribution in [2.45, 2.75) is 39.0 Å². The molecular weight excluding hydrogens is 216 g/mol. The topological polar surface area (TPSA) is 0 Å². The van der Waals surface area contributed by atoms with E-state index in [0.717, 1.165) is 0 Å². The molecule has 0 spiro atoms. The van der Waals surface area contributed by atoms with Gasteiger partial charge >= 0.3 is 102 Å². The van der Waals surface area contributed by atoms with Crippen LogP contribution in [0.2, 0.25) is 0 Å². The van der Waals surface area contributed by atoms with Crippen LogP contribution in [0.1, 0.15) is 41.9 Å². The molecule has 0 N–H and O–H groups in total. The summed E-state index contributed by atoms with van der Waals surface area (Å²) < 4.78 is 3.50. The fourth-order valence-corrected chi connectivity index (χ4v) is 4.17. The molecule has 0 heterocycles. The molecule has 0 nitrogen and oxygen atoms in total. The summed E-state index contributed by atoms with van der Waals surface area (Å²) >= 11 is 0.0348. The molecule has 0 saturated heterocycles. The molecule has 0 radical (unpaired) electrons. The number of allylic oxidation sites excluding steroid dienone is 8. The average molecular weight is 236 g/mol. The van der Waals surface area contributed by atoms with E-state index in [2.05, 4.69) is 37.3 Å². The molecule has 0 fully saturated rings. The van der Waals surface area contributed by atoms with Gasteiger partial charge in [0.15, 0.2) is 0 Å². The third kappa shape index (κ3) is 3.06.